The molecule has 1 aromatic heterocycles. The normalized spacial score (nSPS) is 13.2. The van der Waals surface area contributed by atoms with Gasteiger partial charge < -0.3 is 5.32 Å². The summed E-state index contributed by atoms with van der Waals surface area (Å²) >= 11 is 11.2. The van der Waals surface area contributed by atoms with Gasteiger partial charge in [0.1, 0.15) is 0 Å². The average molecular weight is 395 g/mol. The maximum Gasteiger partial charge on any atom is 0.175 e. The Morgan fingerprint density at radius 1 is 1.35 bits per heavy atom. The van der Waals surface area contributed by atoms with E-state index in [1.165, 1.54) is 12.3 Å². The fourth-order valence-corrected chi connectivity index (χ4v) is 3.98. The van der Waals surface area contributed by atoms with E-state index in [-0.39, 0.29) is 10.9 Å². The smallest absolute Gasteiger partial charge is 0.175 e. The Bertz CT molecular complexity index is 728. The van der Waals surface area contributed by atoms with E-state index in [1.54, 1.807) is 23.5 Å². The lowest BCUT2D eigenvalue weighted by atomic mass is 10.2. The maximum absolute atomic E-state index is 11.6. The quantitative estimate of drug-likeness (QED) is 0.814. The largest absolute Gasteiger partial charge is 0.376 e. The Hall–Kier alpha value is -0.560. The van der Waals surface area contributed by atoms with E-state index in [1.807, 2.05) is 18.4 Å². The van der Waals surface area contributed by atoms with E-state index in [0.717, 1.165) is 9.35 Å². The van der Waals surface area contributed by atoms with Gasteiger partial charge in [-0.2, -0.15) is 0 Å². The van der Waals surface area contributed by atoms with Crippen LogP contribution in [0.3, 0.4) is 0 Å². The van der Waals surface area contributed by atoms with Crippen molar-refractivity contribution in [3.63, 3.8) is 0 Å². The molecule has 20 heavy (non-hydrogen) atoms. The topological polar surface area (TPSA) is 46.2 Å². The highest BCUT2D eigenvalue weighted by Crippen LogP contribution is 2.31. The lowest BCUT2D eigenvalue weighted by Crippen LogP contribution is -2.06. The first kappa shape index (κ1) is 15.8. The van der Waals surface area contributed by atoms with Gasteiger partial charge in [-0.05, 0) is 47.1 Å². The van der Waals surface area contributed by atoms with Crippen LogP contribution in [0.25, 0.3) is 0 Å². The van der Waals surface area contributed by atoms with Crippen molar-refractivity contribution in [3.8, 4) is 0 Å². The van der Waals surface area contributed by atoms with Crippen molar-refractivity contribution >= 4 is 54.4 Å². The summed E-state index contributed by atoms with van der Waals surface area (Å²) in [6.07, 6.45) is 1.18. The van der Waals surface area contributed by atoms with E-state index < -0.39 is 9.84 Å². The van der Waals surface area contributed by atoms with Crippen LogP contribution in [-0.2, 0) is 9.84 Å². The van der Waals surface area contributed by atoms with Gasteiger partial charge in [-0.1, -0.05) is 11.6 Å². The molecule has 108 valence electrons. The fourth-order valence-electron chi connectivity index (χ4n) is 1.71. The van der Waals surface area contributed by atoms with Crippen molar-refractivity contribution in [1.82, 2.24) is 0 Å². The molecule has 0 saturated heterocycles. The lowest BCUT2D eigenvalue weighted by Gasteiger charge is -2.15. The van der Waals surface area contributed by atoms with E-state index >= 15 is 0 Å². The second kappa shape index (κ2) is 6.05. The van der Waals surface area contributed by atoms with Crippen LogP contribution in [0.1, 0.15) is 17.8 Å². The molecule has 0 aliphatic carbocycles. The standard InChI is InChI=1S/C13H13BrClNO2S2/c1-8(13-5-9(14)7-19-13)16-12-6-10(20(2,17)18)3-4-11(12)15/h3-8,16H,1-2H3. The number of rotatable bonds is 4. The minimum absolute atomic E-state index is 0.0404. The molecule has 0 bridgehead atoms. The molecule has 1 N–H and O–H groups in total. The summed E-state index contributed by atoms with van der Waals surface area (Å²) in [6, 6.07) is 6.73. The number of thiophene rings is 1. The predicted molar refractivity (Wildman–Crippen MR) is 88.6 cm³/mol. The highest BCUT2D eigenvalue weighted by molar-refractivity contribution is 9.10. The molecule has 1 aromatic carbocycles. The molecule has 0 fully saturated rings. The van der Waals surface area contributed by atoms with Crippen LogP contribution in [0.5, 0.6) is 0 Å². The van der Waals surface area contributed by atoms with E-state index in [0.29, 0.717) is 10.7 Å². The first-order valence-corrected chi connectivity index (χ1v) is 9.71. The van der Waals surface area contributed by atoms with Crippen LogP contribution < -0.4 is 5.32 Å². The number of anilines is 1. The van der Waals surface area contributed by atoms with Gasteiger partial charge in [-0.15, -0.1) is 11.3 Å². The zero-order chi connectivity index (χ0) is 14.9. The van der Waals surface area contributed by atoms with Crippen LogP contribution in [-0.4, -0.2) is 14.7 Å². The molecule has 2 rings (SSSR count). The summed E-state index contributed by atoms with van der Waals surface area (Å²) in [5.74, 6) is 0. The van der Waals surface area contributed by atoms with Crippen molar-refractivity contribution in [1.29, 1.82) is 0 Å². The van der Waals surface area contributed by atoms with E-state index in [2.05, 4.69) is 21.2 Å². The zero-order valence-electron chi connectivity index (χ0n) is 10.9. The zero-order valence-corrected chi connectivity index (χ0v) is 14.8. The molecule has 0 aliphatic rings. The molecule has 0 radical (unpaired) electrons. The van der Waals surface area contributed by atoms with Crippen LogP contribution >= 0.6 is 38.9 Å². The van der Waals surface area contributed by atoms with Crippen molar-refractivity contribution < 1.29 is 8.42 Å². The van der Waals surface area contributed by atoms with Gasteiger partial charge in [-0.25, -0.2) is 8.42 Å². The molecule has 1 atom stereocenters. The van der Waals surface area contributed by atoms with Gasteiger partial charge in [0.2, 0.25) is 0 Å². The molecular formula is C13H13BrClNO2S2. The second-order valence-corrected chi connectivity index (χ2v) is 8.73. The Balaban J connectivity index is 2.29. The van der Waals surface area contributed by atoms with Gasteiger partial charge in [-0.3, -0.25) is 0 Å². The molecule has 0 saturated carbocycles. The highest BCUT2D eigenvalue weighted by Gasteiger charge is 2.13. The van der Waals surface area contributed by atoms with Gasteiger partial charge in [0.15, 0.2) is 9.84 Å². The molecule has 3 nitrogen and oxygen atoms in total. The summed E-state index contributed by atoms with van der Waals surface area (Å²) in [4.78, 5) is 1.39. The highest BCUT2D eigenvalue weighted by atomic mass is 79.9. The maximum atomic E-state index is 11.6. The average Bonchev–Trinajstić information content (AvgIpc) is 2.77. The summed E-state index contributed by atoms with van der Waals surface area (Å²) in [7, 11) is -3.24. The van der Waals surface area contributed by atoms with Crippen LogP contribution in [0, 0.1) is 0 Å². The molecule has 0 spiro atoms. The second-order valence-electron chi connectivity index (χ2n) is 4.45. The van der Waals surface area contributed by atoms with Crippen LogP contribution in [0.15, 0.2) is 39.0 Å². The number of hydrogen-bond donors (Lipinski definition) is 1. The third-order valence-corrected chi connectivity index (χ3v) is 6.07. The summed E-state index contributed by atoms with van der Waals surface area (Å²) < 4.78 is 24.2. The van der Waals surface area contributed by atoms with Gasteiger partial charge >= 0.3 is 0 Å². The van der Waals surface area contributed by atoms with E-state index in [4.69, 9.17) is 11.6 Å². The third kappa shape index (κ3) is 3.75. The Morgan fingerprint density at radius 2 is 2.05 bits per heavy atom. The number of benzene rings is 1. The Kier molecular flexibility index (Phi) is 4.79. The van der Waals surface area contributed by atoms with Crippen LogP contribution in [0.4, 0.5) is 5.69 Å². The minimum Gasteiger partial charge on any atom is -0.376 e. The molecule has 1 unspecified atom stereocenters. The van der Waals surface area contributed by atoms with Crippen molar-refractivity contribution in [2.24, 2.45) is 0 Å². The Labute approximate surface area is 136 Å². The summed E-state index contributed by atoms with van der Waals surface area (Å²) in [5.41, 5.74) is 0.617. The van der Waals surface area contributed by atoms with Gasteiger partial charge in [0, 0.05) is 21.0 Å². The van der Waals surface area contributed by atoms with E-state index in [9.17, 15) is 8.42 Å². The first-order valence-electron chi connectivity index (χ1n) is 5.77. The van der Waals surface area contributed by atoms with Crippen molar-refractivity contribution in [2.45, 2.75) is 17.9 Å². The van der Waals surface area contributed by atoms with Gasteiger partial charge in [0.25, 0.3) is 0 Å². The predicted octanol–water partition coefficient (Wildman–Crippen LogP) is 4.74. The summed E-state index contributed by atoms with van der Waals surface area (Å²) in [5, 5.41) is 5.75. The SMILES string of the molecule is CC(Nc1cc(S(C)(=O)=O)ccc1Cl)c1cc(Br)cs1. The molecule has 1 heterocycles. The number of nitrogens with one attached hydrogen (secondary N) is 1. The minimum atomic E-state index is -3.24. The number of sulfone groups is 1. The molecule has 0 amide bonds. The van der Waals surface area contributed by atoms with Crippen molar-refractivity contribution in [2.75, 3.05) is 11.6 Å². The molecular weight excluding hydrogens is 382 g/mol. The number of halogens is 2. The third-order valence-electron chi connectivity index (χ3n) is 2.75. The molecule has 2 aromatic rings. The van der Waals surface area contributed by atoms with Crippen molar-refractivity contribution in [3.05, 3.63) is 44.0 Å². The molecule has 0 aliphatic heterocycles. The fraction of sp³-hybridized carbons (Fsp3) is 0.231. The lowest BCUT2D eigenvalue weighted by molar-refractivity contribution is 0.602. The monoisotopic (exact) mass is 393 g/mol. The van der Waals surface area contributed by atoms with Crippen LogP contribution in [0.2, 0.25) is 5.02 Å². The molecule has 7 heteroatoms. The van der Waals surface area contributed by atoms with Gasteiger partial charge in [0.05, 0.1) is 21.6 Å². The first-order chi connectivity index (χ1) is 9.27. The Morgan fingerprint density at radius 3 is 2.60 bits per heavy atom. The number of hydrogen-bond acceptors (Lipinski definition) is 4. The summed E-state index contributed by atoms with van der Waals surface area (Å²) in [6.45, 7) is 2.00.